The number of carbonyl (C=O) groups is 2. The van der Waals surface area contributed by atoms with Crippen LogP contribution in [0, 0.1) is 17.3 Å². The first-order chi connectivity index (χ1) is 10.8. The molecule has 0 radical (unpaired) electrons. The van der Waals surface area contributed by atoms with Gasteiger partial charge < -0.3 is 10.0 Å². The molecule has 1 amide bonds. The monoisotopic (exact) mass is 319 g/mol. The van der Waals surface area contributed by atoms with Crippen LogP contribution in [0.15, 0.2) is 11.1 Å². The van der Waals surface area contributed by atoms with Gasteiger partial charge in [0.05, 0.1) is 30.4 Å². The molecule has 0 unspecified atom stereocenters. The Hall–Kier alpha value is -2.18. The summed E-state index contributed by atoms with van der Waals surface area (Å²) in [6.07, 6.45) is 1.98. The van der Waals surface area contributed by atoms with E-state index in [0.717, 1.165) is 0 Å². The lowest BCUT2D eigenvalue weighted by Crippen LogP contribution is -2.41. The fourth-order valence-electron chi connectivity index (χ4n) is 3.63. The summed E-state index contributed by atoms with van der Waals surface area (Å²) in [4.78, 5) is 42.1. The summed E-state index contributed by atoms with van der Waals surface area (Å²) < 4.78 is 1.56. The highest BCUT2D eigenvalue weighted by molar-refractivity contribution is 5.91. The van der Waals surface area contributed by atoms with Crippen LogP contribution in [-0.4, -0.2) is 38.0 Å². The molecule has 7 heteroatoms. The number of aliphatic carboxylic acids is 1. The van der Waals surface area contributed by atoms with Crippen LogP contribution in [0.1, 0.15) is 32.0 Å². The Bertz CT molecular complexity index is 737. The van der Waals surface area contributed by atoms with E-state index in [1.807, 2.05) is 20.8 Å². The Morgan fingerprint density at radius 1 is 1.39 bits per heavy atom. The third kappa shape index (κ3) is 2.34. The molecule has 0 spiro atoms. The van der Waals surface area contributed by atoms with Crippen LogP contribution in [0.2, 0.25) is 0 Å². The van der Waals surface area contributed by atoms with E-state index in [9.17, 15) is 19.5 Å². The highest BCUT2D eigenvalue weighted by Crippen LogP contribution is 2.59. The maximum atomic E-state index is 12.7. The number of carbonyl (C=O) groups excluding carboxylic acids is 1. The predicted molar refractivity (Wildman–Crippen MR) is 81.7 cm³/mol. The van der Waals surface area contributed by atoms with E-state index < -0.39 is 23.2 Å². The largest absolute Gasteiger partial charge is 0.481 e. The topological polar surface area (TPSA) is 92.5 Å². The van der Waals surface area contributed by atoms with E-state index in [0.29, 0.717) is 30.8 Å². The second kappa shape index (κ2) is 5.18. The van der Waals surface area contributed by atoms with Gasteiger partial charge in [-0.25, -0.2) is 4.98 Å². The summed E-state index contributed by atoms with van der Waals surface area (Å²) in [5.74, 6) is -2.18. The summed E-state index contributed by atoms with van der Waals surface area (Å²) in [5, 5.41) is 9.23. The van der Waals surface area contributed by atoms with Gasteiger partial charge in [0.25, 0.3) is 5.56 Å². The van der Waals surface area contributed by atoms with E-state index in [1.165, 1.54) is 6.33 Å². The van der Waals surface area contributed by atoms with Crippen LogP contribution in [0.3, 0.4) is 0 Å². The number of carboxylic acids is 1. The Balaban J connectivity index is 1.81. The molecule has 1 aliphatic carbocycles. The zero-order valence-electron chi connectivity index (χ0n) is 13.6. The average molecular weight is 319 g/mol. The van der Waals surface area contributed by atoms with Gasteiger partial charge in [0.1, 0.15) is 0 Å². The molecular weight excluding hydrogens is 298 g/mol. The number of nitrogens with zero attached hydrogens (tertiary/aromatic N) is 3. The summed E-state index contributed by atoms with van der Waals surface area (Å²) in [6, 6.07) is 0. The van der Waals surface area contributed by atoms with Crippen LogP contribution in [0.25, 0.3) is 0 Å². The molecule has 2 aliphatic rings. The minimum Gasteiger partial charge on any atom is -0.481 e. The highest BCUT2D eigenvalue weighted by Gasteiger charge is 2.66. The molecule has 2 atom stereocenters. The quantitative estimate of drug-likeness (QED) is 0.876. The zero-order valence-corrected chi connectivity index (χ0v) is 13.6. The molecule has 1 aromatic heterocycles. The molecule has 1 aliphatic heterocycles. The van der Waals surface area contributed by atoms with Gasteiger partial charge in [0.2, 0.25) is 5.91 Å². The number of rotatable bonds is 3. The van der Waals surface area contributed by atoms with E-state index >= 15 is 0 Å². The summed E-state index contributed by atoms with van der Waals surface area (Å²) in [7, 11) is 0. The van der Waals surface area contributed by atoms with E-state index in [4.69, 9.17) is 0 Å². The number of hydrogen-bond acceptors (Lipinski definition) is 4. The van der Waals surface area contributed by atoms with Crippen molar-refractivity contribution in [2.75, 3.05) is 6.54 Å². The summed E-state index contributed by atoms with van der Waals surface area (Å²) >= 11 is 0. The molecule has 7 nitrogen and oxygen atoms in total. The third-order valence-electron chi connectivity index (χ3n) is 5.20. The minimum absolute atomic E-state index is 0.0419. The third-order valence-corrected chi connectivity index (χ3v) is 5.20. The Morgan fingerprint density at radius 3 is 2.65 bits per heavy atom. The molecule has 0 aromatic carbocycles. The maximum Gasteiger partial charge on any atom is 0.307 e. The first-order valence-electron chi connectivity index (χ1n) is 7.87. The van der Waals surface area contributed by atoms with Crippen molar-refractivity contribution in [3.63, 3.8) is 0 Å². The van der Waals surface area contributed by atoms with Gasteiger partial charge >= 0.3 is 5.97 Å². The lowest BCUT2D eigenvalue weighted by Gasteiger charge is -2.28. The van der Waals surface area contributed by atoms with Crippen molar-refractivity contribution in [2.45, 2.75) is 40.3 Å². The van der Waals surface area contributed by atoms with Crippen LogP contribution in [-0.2, 0) is 29.1 Å². The fraction of sp³-hybridized carbons (Fsp3) is 0.625. The Kier molecular flexibility index (Phi) is 3.54. The molecule has 1 aromatic rings. The number of aryl methyl sites for hydroxylation is 1. The van der Waals surface area contributed by atoms with Crippen molar-refractivity contribution in [3.8, 4) is 0 Å². The summed E-state index contributed by atoms with van der Waals surface area (Å²) in [5.41, 5.74) is 0.745. The van der Waals surface area contributed by atoms with Crippen LogP contribution in [0.4, 0.5) is 0 Å². The van der Waals surface area contributed by atoms with Gasteiger partial charge in [-0.3, -0.25) is 19.0 Å². The van der Waals surface area contributed by atoms with E-state index in [-0.39, 0.29) is 18.0 Å². The molecule has 0 bridgehead atoms. The molecule has 23 heavy (non-hydrogen) atoms. The van der Waals surface area contributed by atoms with Crippen molar-refractivity contribution in [2.24, 2.45) is 17.3 Å². The van der Waals surface area contributed by atoms with Crippen molar-refractivity contribution in [3.05, 3.63) is 27.9 Å². The molecule has 1 N–H and O–H groups in total. The molecule has 3 rings (SSSR count). The van der Waals surface area contributed by atoms with Gasteiger partial charge in [0.15, 0.2) is 0 Å². The molecule has 124 valence electrons. The molecule has 0 saturated heterocycles. The van der Waals surface area contributed by atoms with Crippen LogP contribution >= 0.6 is 0 Å². The molecule has 1 saturated carbocycles. The van der Waals surface area contributed by atoms with Gasteiger partial charge in [-0.15, -0.1) is 0 Å². The number of amides is 1. The van der Waals surface area contributed by atoms with Gasteiger partial charge in [-0.05, 0) is 18.8 Å². The van der Waals surface area contributed by atoms with Gasteiger partial charge in [-0.2, -0.15) is 0 Å². The maximum absolute atomic E-state index is 12.7. The van der Waals surface area contributed by atoms with Crippen molar-refractivity contribution < 1.29 is 14.7 Å². The normalized spacial score (nSPS) is 24.9. The van der Waals surface area contributed by atoms with E-state index in [2.05, 4.69) is 4.98 Å². The minimum atomic E-state index is -0.922. The fourth-order valence-corrected chi connectivity index (χ4v) is 3.63. The predicted octanol–water partition coefficient (Wildman–Crippen LogP) is 0.505. The lowest BCUT2D eigenvalue weighted by molar-refractivity contribution is -0.142. The van der Waals surface area contributed by atoms with E-state index in [1.54, 1.807) is 9.47 Å². The SMILES string of the molecule is CCn1cnc2c(c1=O)CCN(C(=O)[C@@H]1[C@H](C(=O)O)C1(C)C)C2. The number of aromatic nitrogens is 2. The first-order valence-corrected chi connectivity index (χ1v) is 7.87. The van der Waals surface area contributed by atoms with Crippen LogP contribution in [0.5, 0.6) is 0 Å². The van der Waals surface area contributed by atoms with Gasteiger partial charge in [0, 0.05) is 18.7 Å². The average Bonchev–Trinajstić information content (AvgIpc) is 3.09. The smallest absolute Gasteiger partial charge is 0.307 e. The van der Waals surface area contributed by atoms with Crippen molar-refractivity contribution in [1.29, 1.82) is 0 Å². The zero-order chi connectivity index (χ0) is 16.9. The first kappa shape index (κ1) is 15.7. The van der Waals surface area contributed by atoms with Crippen LogP contribution < -0.4 is 5.56 Å². The Labute approximate surface area is 133 Å². The second-order valence-corrected chi connectivity index (χ2v) is 6.89. The Morgan fingerprint density at radius 2 is 2.09 bits per heavy atom. The van der Waals surface area contributed by atoms with Crippen molar-refractivity contribution >= 4 is 11.9 Å². The number of fused-ring (bicyclic) bond motifs is 1. The number of carboxylic acid groups (broad SMARTS) is 1. The number of hydrogen-bond donors (Lipinski definition) is 1. The lowest BCUT2D eigenvalue weighted by atomic mass is 10.0. The summed E-state index contributed by atoms with van der Waals surface area (Å²) in [6.45, 7) is 6.80. The highest BCUT2D eigenvalue weighted by atomic mass is 16.4. The molecular formula is C16H21N3O4. The molecule has 2 heterocycles. The standard InChI is InChI=1S/C16H21N3O4/c1-4-18-8-17-10-7-19(6-5-9(10)13(18)20)14(21)11-12(15(22)23)16(11,2)3/h8,11-12H,4-7H2,1-3H3,(H,22,23)/t11-,12+/m0/s1. The van der Waals surface area contributed by atoms with Gasteiger partial charge in [-0.1, -0.05) is 13.8 Å². The van der Waals surface area contributed by atoms with Crippen molar-refractivity contribution in [1.82, 2.24) is 14.5 Å². The second-order valence-electron chi connectivity index (χ2n) is 6.89. The molecule has 1 fully saturated rings.